The monoisotopic (exact) mass is 325 g/mol. The number of amides is 1. The first-order valence-electron chi connectivity index (χ1n) is 6.08. The van der Waals surface area contributed by atoms with Crippen LogP contribution in [-0.4, -0.2) is 30.9 Å². The average molecular weight is 326 g/mol. The van der Waals surface area contributed by atoms with Crippen LogP contribution in [0.1, 0.15) is 18.4 Å². The van der Waals surface area contributed by atoms with E-state index >= 15 is 0 Å². The minimum absolute atomic E-state index is 0.151. The van der Waals surface area contributed by atoms with Crippen LogP contribution in [0.5, 0.6) is 0 Å². The molecular formula is C14H16BrNO3. The van der Waals surface area contributed by atoms with Gasteiger partial charge in [-0.15, -0.1) is 0 Å². The van der Waals surface area contributed by atoms with Crippen LogP contribution in [-0.2, 0) is 20.9 Å². The Morgan fingerprint density at radius 1 is 1.32 bits per heavy atom. The number of ether oxygens (including phenoxy) is 1. The molecule has 5 heteroatoms. The fraction of sp³-hybridized carbons (Fsp3) is 0.429. The van der Waals surface area contributed by atoms with Crippen LogP contribution >= 0.6 is 15.9 Å². The predicted molar refractivity (Wildman–Crippen MR) is 74.3 cm³/mol. The van der Waals surface area contributed by atoms with Crippen molar-refractivity contribution >= 4 is 27.8 Å². The normalized spacial score (nSPS) is 15.7. The standard InChI is InChI=1S/C14H16BrNO3/c1-16(9-10-3-5-11(15)6-4-10)12(17)14(7-8-14)13(18)19-2/h3-6H,7-9H2,1-2H3. The van der Waals surface area contributed by atoms with E-state index in [4.69, 9.17) is 4.74 Å². The second-order valence-corrected chi connectivity index (χ2v) is 5.78. The van der Waals surface area contributed by atoms with Gasteiger partial charge in [-0.05, 0) is 30.5 Å². The van der Waals surface area contributed by atoms with Crippen LogP contribution in [0.4, 0.5) is 0 Å². The summed E-state index contributed by atoms with van der Waals surface area (Å²) < 4.78 is 5.72. The van der Waals surface area contributed by atoms with Crippen molar-refractivity contribution in [2.75, 3.05) is 14.2 Å². The van der Waals surface area contributed by atoms with Crippen LogP contribution < -0.4 is 0 Å². The molecule has 1 aliphatic rings. The van der Waals surface area contributed by atoms with Crippen LogP contribution in [0, 0.1) is 5.41 Å². The molecule has 0 aliphatic heterocycles. The van der Waals surface area contributed by atoms with Crippen LogP contribution in [0.2, 0.25) is 0 Å². The third kappa shape index (κ3) is 2.81. The lowest BCUT2D eigenvalue weighted by Gasteiger charge is -2.22. The maximum absolute atomic E-state index is 12.3. The second kappa shape index (κ2) is 5.33. The van der Waals surface area contributed by atoms with Gasteiger partial charge in [-0.25, -0.2) is 0 Å². The van der Waals surface area contributed by atoms with E-state index in [9.17, 15) is 9.59 Å². The summed E-state index contributed by atoms with van der Waals surface area (Å²) in [5.74, 6) is -0.567. The zero-order valence-corrected chi connectivity index (χ0v) is 12.6. The van der Waals surface area contributed by atoms with E-state index < -0.39 is 11.4 Å². The van der Waals surface area contributed by atoms with E-state index in [-0.39, 0.29) is 5.91 Å². The van der Waals surface area contributed by atoms with Crippen LogP contribution in [0.3, 0.4) is 0 Å². The molecule has 0 atom stereocenters. The van der Waals surface area contributed by atoms with E-state index in [1.54, 1.807) is 11.9 Å². The van der Waals surface area contributed by atoms with E-state index in [2.05, 4.69) is 15.9 Å². The number of rotatable bonds is 4. The highest BCUT2D eigenvalue weighted by Gasteiger charge is 2.58. The van der Waals surface area contributed by atoms with Gasteiger partial charge in [0, 0.05) is 18.1 Å². The van der Waals surface area contributed by atoms with E-state index in [0.29, 0.717) is 19.4 Å². The van der Waals surface area contributed by atoms with E-state index in [0.717, 1.165) is 10.0 Å². The molecule has 0 saturated heterocycles. The van der Waals surface area contributed by atoms with Gasteiger partial charge in [0.2, 0.25) is 5.91 Å². The van der Waals surface area contributed by atoms with Crippen molar-refractivity contribution in [1.29, 1.82) is 0 Å². The molecule has 0 spiro atoms. The van der Waals surface area contributed by atoms with E-state index in [1.165, 1.54) is 7.11 Å². The van der Waals surface area contributed by atoms with Crippen molar-refractivity contribution in [2.45, 2.75) is 19.4 Å². The minimum Gasteiger partial charge on any atom is -0.468 e. The fourth-order valence-electron chi connectivity index (χ4n) is 2.13. The van der Waals surface area contributed by atoms with Gasteiger partial charge in [0.1, 0.15) is 5.41 Å². The fourth-order valence-corrected chi connectivity index (χ4v) is 2.39. The first-order valence-corrected chi connectivity index (χ1v) is 6.87. The van der Waals surface area contributed by atoms with Gasteiger partial charge in [0.05, 0.1) is 7.11 Å². The molecule has 1 aromatic rings. The lowest BCUT2D eigenvalue weighted by atomic mass is 10.1. The summed E-state index contributed by atoms with van der Waals surface area (Å²) in [6, 6.07) is 7.76. The van der Waals surface area contributed by atoms with Crippen LogP contribution in [0.15, 0.2) is 28.7 Å². The summed E-state index contributed by atoms with van der Waals surface area (Å²) in [6.07, 6.45) is 1.17. The summed E-state index contributed by atoms with van der Waals surface area (Å²) in [5.41, 5.74) is 0.110. The number of nitrogens with zero attached hydrogens (tertiary/aromatic N) is 1. The molecule has 1 aliphatic carbocycles. The number of methoxy groups -OCH3 is 1. The van der Waals surface area contributed by atoms with Gasteiger partial charge >= 0.3 is 5.97 Å². The van der Waals surface area contributed by atoms with Gasteiger partial charge < -0.3 is 9.64 Å². The Morgan fingerprint density at radius 2 is 1.89 bits per heavy atom. The Morgan fingerprint density at radius 3 is 2.37 bits per heavy atom. The van der Waals surface area contributed by atoms with Crippen molar-refractivity contribution in [3.63, 3.8) is 0 Å². The molecule has 0 aromatic heterocycles. The second-order valence-electron chi connectivity index (χ2n) is 4.86. The number of esters is 1. The van der Waals surface area contributed by atoms with Gasteiger partial charge in [-0.3, -0.25) is 9.59 Å². The van der Waals surface area contributed by atoms with Gasteiger partial charge in [-0.2, -0.15) is 0 Å². The Labute approximate surface area is 120 Å². The maximum Gasteiger partial charge on any atom is 0.321 e. The number of carbonyl (C=O) groups excluding carboxylic acids is 2. The summed E-state index contributed by atoms with van der Waals surface area (Å²) in [7, 11) is 3.04. The molecule has 0 heterocycles. The zero-order chi connectivity index (χ0) is 14.0. The lowest BCUT2D eigenvalue weighted by molar-refractivity contribution is -0.155. The highest BCUT2D eigenvalue weighted by atomic mass is 79.9. The number of halogens is 1. The Hall–Kier alpha value is -1.36. The minimum atomic E-state index is -0.918. The number of benzene rings is 1. The molecule has 19 heavy (non-hydrogen) atoms. The predicted octanol–water partition coefficient (Wildman–Crippen LogP) is 2.36. The molecule has 4 nitrogen and oxygen atoms in total. The topological polar surface area (TPSA) is 46.6 Å². The summed E-state index contributed by atoms with van der Waals surface area (Å²) in [5, 5.41) is 0. The Kier molecular flexibility index (Phi) is 3.94. The third-order valence-electron chi connectivity index (χ3n) is 3.42. The Balaban J connectivity index is 2.04. The third-order valence-corrected chi connectivity index (χ3v) is 3.94. The number of carbonyl (C=O) groups is 2. The van der Waals surface area contributed by atoms with Crippen molar-refractivity contribution in [1.82, 2.24) is 4.90 Å². The van der Waals surface area contributed by atoms with Crippen molar-refractivity contribution in [3.05, 3.63) is 34.3 Å². The quantitative estimate of drug-likeness (QED) is 0.630. The largest absolute Gasteiger partial charge is 0.468 e. The molecule has 1 fully saturated rings. The maximum atomic E-state index is 12.3. The molecular weight excluding hydrogens is 310 g/mol. The molecule has 1 amide bonds. The molecule has 0 unspecified atom stereocenters. The molecule has 0 bridgehead atoms. The van der Waals surface area contributed by atoms with Crippen molar-refractivity contribution < 1.29 is 14.3 Å². The van der Waals surface area contributed by atoms with Crippen molar-refractivity contribution in [2.24, 2.45) is 5.41 Å². The van der Waals surface area contributed by atoms with E-state index in [1.807, 2.05) is 24.3 Å². The first-order chi connectivity index (χ1) is 8.99. The molecule has 1 aromatic carbocycles. The number of hydrogen-bond acceptors (Lipinski definition) is 3. The SMILES string of the molecule is COC(=O)C1(C(=O)N(C)Cc2ccc(Br)cc2)CC1. The van der Waals surface area contributed by atoms with Crippen LogP contribution in [0.25, 0.3) is 0 Å². The smallest absolute Gasteiger partial charge is 0.321 e. The lowest BCUT2D eigenvalue weighted by Crippen LogP contribution is -2.38. The molecule has 1 saturated carbocycles. The summed E-state index contributed by atoms with van der Waals surface area (Å²) >= 11 is 3.37. The zero-order valence-electron chi connectivity index (χ0n) is 11.0. The Bertz CT molecular complexity index is 494. The average Bonchev–Trinajstić information content (AvgIpc) is 3.21. The molecule has 102 valence electrons. The highest BCUT2D eigenvalue weighted by Crippen LogP contribution is 2.48. The summed E-state index contributed by atoms with van der Waals surface area (Å²) in [4.78, 5) is 25.6. The van der Waals surface area contributed by atoms with Gasteiger partial charge in [0.25, 0.3) is 0 Å². The van der Waals surface area contributed by atoms with Crippen molar-refractivity contribution in [3.8, 4) is 0 Å². The number of hydrogen-bond donors (Lipinski definition) is 0. The van der Waals surface area contributed by atoms with Gasteiger partial charge in [0.15, 0.2) is 0 Å². The van der Waals surface area contributed by atoms with Gasteiger partial charge in [-0.1, -0.05) is 28.1 Å². The molecule has 0 radical (unpaired) electrons. The molecule has 2 rings (SSSR count). The summed E-state index contributed by atoms with van der Waals surface area (Å²) in [6.45, 7) is 0.491. The first kappa shape index (κ1) is 14.1. The molecule has 0 N–H and O–H groups in total. The highest BCUT2D eigenvalue weighted by molar-refractivity contribution is 9.10.